The Morgan fingerprint density at radius 3 is 2.42 bits per heavy atom. The molecule has 1 aromatic carbocycles. The van der Waals surface area contributed by atoms with Gasteiger partial charge in [0.1, 0.15) is 0 Å². The van der Waals surface area contributed by atoms with Crippen molar-refractivity contribution in [1.82, 2.24) is 9.80 Å². The Kier molecular flexibility index (Phi) is 7.55. The summed E-state index contributed by atoms with van der Waals surface area (Å²) in [5.74, 6) is -0.639. The second-order valence-corrected chi connectivity index (χ2v) is 6.01. The number of amides is 2. The SMILES string of the molecule is CCOC(=O)c1ccc(NC(=O)CN(C)CC(=O)N2CCOCC2)cc1. The molecule has 1 heterocycles. The number of carbonyl (C=O) groups is 3. The van der Waals surface area contributed by atoms with Gasteiger partial charge in [-0.05, 0) is 38.2 Å². The van der Waals surface area contributed by atoms with Crippen molar-refractivity contribution in [3.8, 4) is 0 Å². The Labute approximate surface area is 153 Å². The first-order valence-corrected chi connectivity index (χ1v) is 8.60. The van der Waals surface area contributed by atoms with Crippen LogP contribution >= 0.6 is 0 Å². The molecule has 0 unspecified atom stereocenters. The number of esters is 1. The summed E-state index contributed by atoms with van der Waals surface area (Å²) in [7, 11) is 1.72. The van der Waals surface area contributed by atoms with Crippen LogP contribution in [0.3, 0.4) is 0 Å². The molecule has 142 valence electrons. The summed E-state index contributed by atoms with van der Waals surface area (Å²) in [6, 6.07) is 6.48. The number of ether oxygens (including phenoxy) is 2. The van der Waals surface area contributed by atoms with Crippen molar-refractivity contribution in [2.45, 2.75) is 6.92 Å². The first kappa shape index (κ1) is 19.9. The van der Waals surface area contributed by atoms with Crippen molar-refractivity contribution in [2.75, 3.05) is 58.4 Å². The summed E-state index contributed by atoms with van der Waals surface area (Å²) in [4.78, 5) is 39.3. The van der Waals surface area contributed by atoms with Crippen LogP contribution in [0, 0.1) is 0 Å². The van der Waals surface area contributed by atoms with Gasteiger partial charge in [0.2, 0.25) is 11.8 Å². The molecule has 1 aliphatic heterocycles. The van der Waals surface area contributed by atoms with E-state index in [0.717, 1.165) is 0 Å². The van der Waals surface area contributed by atoms with Crippen LogP contribution in [0.4, 0.5) is 5.69 Å². The van der Waals surface area contributed by atoms with E-state index in [-0.39, 0.29) is 24.9 Å². The number of rotatable bonds is 7. The zero-order valence-corrected chi connectivity index (χ0v) is 15.2. The monoisotopic (exact) mass is 363 g/mol. The molecular formula is C18H25N3O5. The summed E-state index contributed by atoms with van der Waals surface area (Å²) < 4.78 is 10.1. The third-order valence-corrected chi connectivity index (χ3v) is 3.86. The molecule has 0 atom stereocenters. The third-order valence-electron chi connectivity index (χ3n) is 3.86. The largest absolute Gasteiger partial charge is 0.462 e. The van der Waals surface area contributed by atoms with Gasteiger partial charge in [-0.25, -0.2) is 4.79 Å². The molecule has 0 aliphatic carbocycles. The molecule has 0 aromatic heterocycles. The predicted octanol–water partition coefficient (Wildman–Crippen LogP) is 0.592. The quantitative estimate of drug-likeness (QED) is 0.714. The highest BCUT2D eigenvalue weighted by atomic mass is 16.5. The summed E-state index contributed by atoms with van der Waals surface area (Å²) in [6.07, 6.45) is 0. The van der Waals surface area contributed by atoms with Crippen molar-refractivity contribution in [2.24, 2.45) is 0 Å². The molecule has 1 aromatic rings. The van der Waals surface area contributed by atoms with Gasteiger partial charge in [-0.3, -0.25) is 14.5 Å². The van der Waals surface area contributed by atoms with Gasteiger partial charge < -0.3 is 19.7 Å². The van der Waals surface area contributed by atoms with Gasteiger partial charge in [0.25, 0.3) is 0 Å². The maximum absolute atomic E-state index is 12.2. The molecule has 1 saturated heterocycles. The van der Waals surface area contributed by atoms with Crippen molar-refractivity contribution >= 4 is 23.5 Å². The van der Waals surface area contributed by atoms with Crippen molar-refractivity contribution in [3.63, 3.8) is 0 Å². The lowest BCUT2D eigenvalue weighted by atomic mass is 10.2. The van der Waals surface area contributed by atoms with Crippen LogP contribution in [0.2, 0.25) is 0 Å². The molecule has 2 amide bonds. The van der Waals surface area contributed by atoms with Gasteiger partial charge in [-0.1, -0.05) is 0 Å². The summed E-state index contributed by atoms with van der Waals surface area (Å²) in [5.41, 5.74) is 1.01. The van der Waals surface area contributed by atoms with Crippen LogP contribution in [0.25, 0.3) is 0 Å². The molecule has 0 spiro atoms. The van der Waals surface area contributed by atoms with E-state index in [4.69, 9.17) is 9.47 Å². The molecule has 8 nitrogen and oxygen atoms in total. The van der Waals surface area contributed by atoms with E-state index in [2.05, 4.69) is 5.32 Å². The molecule has 1 N–H and O–H groups in total. The van der Waals surface area contributed by atoms with Gasteiger partial charge in [0, 0.05) is 18.8 Å². The van der Waals surface area contributed by atoms with Crippen molar-refractivity contribution in [3.05, 3.63) is 29.8 Å². The van der Waals surface area contributed by atoms with Gasteiger partial charge in [-0.15, -0.1) is 0 Å². The van der Waals surface area contributed by atoms with E-state index >= 15 is 0 Å². The predicted molar refractivity (Wildman–Crippen MR) is 95.9 cm³/mol. The number of anilines is 1. The van der Waals surface area contributed by atoms with Gasteiger partial charge in [0.05, 0.1) is 38.5 Å². The first-order valence-electron chi connectivity index (χ1n) is 8.60. The minimum Gasteiger partial charge on any atom is -0.462 e. The highest BCUT2D eigenvalue weighted by molar-refractivity contribution is 5.94. The smallest absolute Gasteiger partial charge is 0.338 e. The van der Waals surface area contributed by atoms with Crippen LogP contribution in [0.1, 0.15) is 17.3 Å². The Balaban J connectivity index is 1.78. The average Bonchev–Trinajstić information content (AvgIpc) is 2.63. The second-order valence-electron chi connectivity index (χ2n) is 6.01. The van der Waals surface area contributed by atoms with E-state index in [1.165, 1.54) is 0 Å². The topological polar surface area (TPSA) is 88.2 Å². The number of nitrogens with one attached hydrogen (secondary N) is 1. The average molecular weight is 363 g/mol. The molecular weight excluding hydrogens is 338 g/mol. The minimum absolute atomic E-state index is 0.0117. The zero-order valence-electron chi connectivity index (χ0n) is 15.2. The maximum Gasteiger partial charge on any atom is 0.338 e. The number of carbonyl (C=O) groups excluding carboxylic acids is 3. The van der Waals surface area contributed by atoms with Crippen LogP contribution in [0.15, 0.2) is 24.3 Å². The minimum atomic E-state index is -0.397. The zero-order chi connectivity index (χ0) is 18.9. The standard InChI is InChI=1S/C18H25N3O5/c1-3-26-18(24)14-4-6-15(7-5-14)19-16(22)12-20(2)13-17(23)21-8-10-25-11-9-21/h4-7H,3,8-13H2,1-2H3,(H,19,22). The lowest BCUT2D eigenvalue weighted by Crippen LogP contribution is -2.46. The molecule has 0 radical (unpaired) electrons. The van der Waals surface area contributed by atoms with E-state index in [0.29, 0.717) is 44.2 Å². The molecule has 0 bridgehead atoms. The fourth-order valence-corrected chi connectivity index (χ4v) is 2.55. The van der Waals surface area contributed by atoms with Gasteiger partial charge in [0.15, 0.2) is 0 Å². The summed E-state index contributed by atoms with van der Waals surface area (Å²) in [6.45, 7) is 4.61. The number of likely N-dealkylation sites (N-methyl/N-ethyl adjacent to an activating group) is 1. The highest BCUT2D eigenvalue weighted by Gasteiger charge is 2.19. The number of morpholine rings is 1. The van der Waals surface area contributed by atoms with E-state index in [9.17, 15) is 14.4 Å². The third kappa shape index (κ3) is 6.12. The fourth-order valence-electron chi connectivity index (χ4n) is 2.55. The summed E-state index contributed by atoms with van der Waals surface area (Å²) in [5, 5.41) is 2.75. The molecule has 0 saturated carbocycles. The van der Waals surface area contributed by atoms with Crippen LogP contribution in [-0.4, -0.2) is 80.6 Å². The fraction of sp³-hybridized carbons (Fsp3) is 0.500. The molecule has 8 heteroatoms. The number of benzene rings is 1. The number of hydrogen-bond donors (Lipinski definition) is 1. The molecule has 1 aliphatic rings. The first-order chi connectivity index (χ1) is 12.5. The van der Waals surface area contributed by atoms with Crippen LogP contribution in [-0.2, 0) is 19.1 Å². The van der Waals surface area contributed by atoms with E-state index < -0.39 is 5.97 Å². The summed E-state index contributed by atoms with van der Waals surface area (Å²) >= 11 is 0. The molecule has 2 rings (SSSR count). The van der Waals surface area contributed by atoms with Crippen molar-refractivity contribution < 1.29 is 23.9 Å². The van der Waals surface area contributed by atoms with E-state index in [1.807, 2.05) is 0 Å². The van der Waals surface area contributed by atoms with Gasteiger partial charge in [-0.2, -0.15) is 0 Å². The van der Waals surface area contributed by atoms with Crippen molar-refractivity contribution in [1.29, 1.82) is 0 Å². The Hall–Kier alpha value is -2.45. The van der Waals surface area contributed by atoms with Crippen LogP contribution in [0.5, 0.6) is 0 Å². The molecule has 1 fully saturated rings. The normalized spacial score (nSPS) is 14.2. The highest BCUT2D eigenvalue weighted by Crippen LogP contribution is 2.10. The molecule has 26 heavy (non-hydrogen) atoms. The van der Waals surface area contributed by atoms with E-state index in [1.54, 1.807) is 48.0 Å². The second kappa shape index (κ2) is 9.88. The number of hydrogen-bond acceptors (Lipinski definition) is 6. The van der Waals surface area contributed by atoms with Gasteiger partial charge >= 0.3 is 5.97 Å². The Bertz CT molecular complexity index is 626. The van der Waals surface area contributed by atoms with Crippen LogP contribution < -0.4 is 5.32 Å². The lowest BCUT2D eigenvalue weighted by molar-refractivity contribution is -0.136. The maximum atomic E-state index is 12.2. The Morgan fingerprint density at radius 2 is 1.81 bits per heavy atom. The number of nitrogens with zero attached hydrogens (tertiary/aromatic N) is 2. The lowest BCUT2D eigenvalue weighted by Gasteiger charge is -2.28. The Morgan fingerprint density at radius 1 is 1.15 bits per heavy atom.